The minimum Gasteiger partial charge on any atom is -0.466 e. The third kappa shape index (κ3) is 3.77. The zero-order valence-corrected chi connectivity index (χ0v) is 9.69. The number of carbonyl (C=O) groups is 1. The highest BCUT2D eigenvalue weighted by molar-refractivity contribution is 5.73. The van der Waals surface area contributed by atoms with Crippen LogP contribution in [0.1, 0.15) is 24.5 Å². The van der Waals surface area contributed by atoms with Crippen molar-refractivity contribution < 1.29 is 9.53 Å². The molecule has 2 N–H and O–H groups in total. The van der Waals surface area contributed by atoms with Gasteiger partial charge in [0, 0.05) is 5.69 Å². The van der Waals surface area contributed by atoms with Gasteiger partial charge in [0.2, 0.25) is 0 Å². The van der Waals surface area contributed by atoms with E-state index in [0.717, 1.165) is 16.8 Å². The second-order valence-corrected chi connectivity index (χ2v) is 3.53. The van der Waals surface area contributed by atoms with E-state index in [0.29, 0.717) is 13.0 Å². The fraction of sp³-hybridized carbons (Fsp3) is 0.308. The maximum Gasteiger partial charge on any atom is 0.309 e. The van der Waals surface area contributed by atoms with Gasteiger partial charge in [-0.25, -0.2) is 0 Å². The standard InChI is InChI=1S/C13H17NO2/c1-3-16-13(15)6-4-5-11-9-12(14)8-7-10(11)2/h4-5,7-9H,3,6,14H2,1-2H3. The number of nitrogens with two attached hydrogens (primary N) is 1. The average molecular weight is 219 g/mol. The van der Waals surface area contributed by atoms with Gasteiger partial charge < -0.3 is 10.5 Å². The number of rotatable bonds is 4. The van der Waals surface area contributed by atoms with Gasteiger partial charge in [-0.2, -0.15) is 0 Å². The number of carbonyl (C=O) groups excluding carboxylic acids is 1. The van der Waals surface area contributed by atoms with Crippen molar-refractivity contribution in [1.29, 1.82) is 0 Å². The molecule has 0 fully saturated rings. The number of nitrogen functional groups attached to an aromatic ring is 1. The Balaban J connectivity index is 2.62. The van der Waals surface area contributed by atoms with Gasteiger partial charge in [-0.05, 0) is 37.1 Å². The summed E-state index contributed by atoms with van der Waals surface area (Å²) in [5.41, 5.74) is 8.57. The Bertz CT molecular complexity index is 397. The summed E-state index contributed by atoms with van der Waals surface area (Å²) in [6.07, 6.45) is 3.98. The largest absolute Gasteiger partial charge is 0.466 e. The van der Waals surface area contributed by atoms with E-state index in [1.54, 1.807) is 13.0 Å². The highest BCUT2D eigenvalue weighted by Gasteiger charge is 1.98. The first-order valence-electron chi connectivity index (χ1n) is 5.31. The fourth-order valence-electron chi connectivity index (χ4n) is 1.34. The van der Waals surface area contributed by atoms with E-state index in [4.69, 9.17) is 10.5 Å². The Morgan fingerprint density at radius 3 is 2.94 bits per heavy atom. The van der Waals surface area contributed by atoms with Crippen molar-refractivity contribution in [3.05, 3.63) is 35.4 Å². The van der Waals surface area contributed by atoms with Gasteiger partial charge in [0.05, 0.1) is 13.0 Å². The summed E-state index contributed by atoms with van der Waals surface area (Å²) < 4.78 is 4.82. The second-order valence-electron chi connectivity index (χ2n) is 3.53. The lowest BCUT2D eigenvalue weighted by Crippen LogP contribution is -2.01. The molecular weight excluding hydrogens is 202 g/mol. The number of benzene rings is 1. The van der Waals surface area contributed by atoms with Crippen LogP contribution in [-0.2, 0) is 9.53 Å². The Morgan fingerprint density at radius 2 is 2.25 bits per heavy atom. The highest BCUT2D eigenvalue weighted by atomic mass is 16.5. The number of anilines is 1. The van der Waals surface area contributed by atoms with Crippen LogP contribution in [0.2, 0.25) is 0 Å². The van der Waals surface area contributed by atoms with Crippen molar-refractivity contribution in [2.75, 3.05) is 12.3 Å². The summed E-state index contributed by atoms with van der Waals surface area (Å²) in [6.45, 7) is 4.22. The van der Waals surface area contributed by atoms with Crippen molar-refractivity contribution in [2.45, 2.75) is 20.3 Å². The molecule has 0 saturated heterocycles. The van der Waals surface area contributed by atoms with E-state index in [2.05, 4.69) is 0 Å². The van der Waals surface area contributed by atoms with Crippen LogP contribution in [0.3, 0.4) is 0 Å². The molecule has 3 nitrogen and oxygen atoms in total. The zero-order chi connectivity index (χ0) is 12.0. The predicted octanol–water partition coefficient (Wildman–Crippen LogP) is 2.54. The lowest BCUT2D eigenvalue weighted by Gasteiger charge is -2.01. The molecule has 16 heavy (non-hydrogen) atoms. The van der Waals surface area contributed by atoms with E-state index >= 15 is 0 Å². The molecule has 1 aromatic carbocycles. The lowest BCUT2D eigenvalue weighted by molar-refractivity contribution is -0.142. The van der Waals surface area contributed by atoms with E-state index < -0.39 is 0 Å². The molecule has 0 aliphatic carbocycles. The van der Waals surface area contributed by atoms with E-state index in [1.165, 1.54) is 0 Å². The fourth-order valence-corrected chi connectivity index (χ4v) is 1.34. The number of hydrogen-bond acceptors (Lipinski definition) is 3. The van der Waals surface area contributed by atoms with Crippen LogP contribution in [-0.4, -0.2) is 12.6 Å². The molecule has 0 unspecified atom stereocenters. The molecule has 0 aliphatic rings. The summed E-state index contributed by atoms with van der Waals surface area (Å²) in [5.74, 6) is -0.208. The molecule has 0 saturated carbocycles. The zero-order valence-electron chi connectivity index (χ0n) is 9.69. The Labute approximate surface area is 95.9 Å². The van der Waals surface area contributed by atoms with Crippen LogP contribution >= 0.6 is 0 Å². The molecule has 0 aromatic heterocycles. The smallest absolute Gasteiger partial charge is 0.309 e. The van der Waals surface area contributed by atoms with Crippen LogP contribution in [0.15, 0.2) is 24.3 Å². The van der Waals surface area contributed by atoms with Crippen LogP contribution in [0.4, 0.5) is 5.69 Å². The van der Waals surface area contributed by atoms with Gasteiger partial charge in [-0.3, -0.25) is 4.79 Å². The molecule has 0 aliphatic heterocycles. The van der Waals surface area contributed by atoms with Crippen LogP contribution in [0.5, 0.6) is 0 Å². The quantitative estimate of drug-likeness (QED) is 0.625. The number of ether oxygens (including phenoxy) is 1. The van der Waals surface area contributed by atoms with Gasteiger partial charge in [-0.1, -0.05) is 18.2 Å². The summed E-state index contributed by atoms with van der Waals surface area (Å²) in [7, 11) is 0. The van der Waals surface area contributed by atoms with Crippen LogP contribution < -0.4 is 5.73 Å². The first-order chi connectivity index (χ1) is 7.63. The molecule has 0 radical (unpaired) electrons. The third-order valence-electron chi connectivity index (χ3n) is 2.19. The first-order valence-corrected chi connectivity index (χ1v) is 5.31. The van der Waals surface area contributed by atoms with Crippen molar-refractivity contribution in [3.8, 4) is 0 Å². The highest BCUT2D eigenvalue weighted by Crippen LogP contribution is 2.14. The van der Waals surface area contributed by atoms with Gasteiger partial charge in [-0.15, -0.1) is 0 Å². The van der Waals surface area contributed by atoms with Gasteiger partial charge in [0.25, 0.3) is 0 Å². The topological polar surface area (TPSA) is 52.3 Å². The minimum absolute atomic E-state index is 0.208. The Morgan fingerprint density at radius 1 is 1.50 bits per heavy atom. The third-order valence-corrected chi connectivity index (χ3v) is 2.19. The van der Waals surface area contributed by atoms with Crippen LogP contribution in [0, 0.1) is 6.92 Å². The molecule has 0 amide bonds. The van der Waals surface area contributed by atoms with E-state index in [-0.39, 0.29) is 5.97 Å². The molecule has 1 rings (SSSR count). The predicted molar refractivity (Wildman–Crippen MR) is 65.9 cm³/mol. The summed E-state index contributed by atoms with van der Waals surface area (Å²) in [5, 5.41) is 0. The number of aryl methyl sites for hydroxylation is 1. The van der Waals surface area contributed by atoms with Crippen molar-refractivity contribution in [3.63, 3.8) is 0 Å². The maximum absolute atomic E-state index is 11.1. The maximum atomic E-state index is 11.1. The van der Waals surface area contributed by atoms with E-state index in [9.17, 15) is 4.79 Å². The molecule has 1 aromatic rings. The molecule has 0 atom stereocenters. The summed E-state index contributed by atoms with van der Waals surface area (Å²) >= 11 is 0. The second kappa shape index (κ2) is 5.95. The Hall–Kier alpha value is -1.77. The first kappa shape index (κ1) is 12.3. The van der Waals surface area contributed by atoms with Crippen LogP contribution in [0.25, 0.3) is 6.08 Å². The summed E-state index contributed by atoms with van der Waals surface area (Å²) in [6, 6.07) is 5.70. The minimum atomic E-state index is -0.208. The molecule has 0 bridgehead atoms. The summed E-state index contributed by atoms with van der Waals surface area (Å²) in [4.78, 5) is 11.1. The molecule has 0 spiro atoms. The number of esters is 1. The molecule has 0 heterocycles. The monoisotopic (exact) mass is 219 g/mol. The molecular formula is C13H17NO2. The average Bonchev–Trinajstić information content (AvgIpc) is 2.23. The normalized spacial score (nSPS) is 10.6. The number of hydrogen-bond donors (Lipinski definition) is 1. The SMILES string of the molecule is CCOC(=O)CC=Cc1cc(N)ccc1C. The van der Waals surface area contributed by atoms with Crippen molar-refractivity contribution in [2.24, 2.45) is 0 Å². The Kier molecular flexibility index (Phi) is 4.58. The van der Waals surface area contributed by atoms with E-state index in [1.807, 2.05) is 31.2 Å². The van der Waals surface area contributed by atoms with Gasteiger partial charge in [0.1, 0.15) is 0 Å². The molecule has 3 heteroatoms. The van der Waals surface area contributed by atoms with Crippen molar-refractivity contribution in [1.82, 2.24) is 0 Å². The van der Waals surface area contributed by atoms with Crippen molar-refractivity contribution >= 4 is 17.7 Å². The van der Waals surface area contributed by atoms with Gasteiger partial charge in [0.15, 0.2) is 0 Å². The molecule has 86 valence electrons. The van der Waals surface area contributed by atoms with Gasteiger partial charge >= 0.3 is 5.97 Å². The lowest BCUT2D eigenvalue weighted by atomic mass is 10.1.